The maximum atomic E-state index is 12.4. The lowest BCUT2D eigenvalue weighted by Gasteiger charge is -2.21. The van der Waals surface area contributed by atoms with Gasteiger partial charge in [0.25, 0.3) is 0 Å². The van der Waals surface area contributed by atoms with Gasteiger partial charge in [0, 0.05) is 17.3 Å². The van der Waals surface area contributed by atoms with Crippen molar-refractivity contribution in [3.63, 3.8) is 0 Å². The second-order valence-corrected chi connectivity index (χ2v) is 9.85. The van der Waals surface area contributed by atoms with Crippen molar-refractivity contribution in [1.82, 2.24) is 14.8 Å². The summed E-state index contributed by atoms with van der Waals surface area (Å²) in [5, 5.41) is 13.6. The van der Waals surface area contributed by atoms with Crippen molar-refractivity contribution < 1.29 is 14.3 Å². The number of carbonyl (C=O) groups excluding carboxylic acids is 1. The van der Waals surface area contributed by atoms with E-state index in [0.717, 1.165) is 72.4 Å². The molecule has 1 aliphatic heterocycles. The first-order chi connectivity index (χ1) is 15.6. The Morgan fingerprint density at radius 2 is 2.09 bits per heavy atom. The zero-order valence-electron chi connectivity index (χ0n) is 18.5. The molecule has 1 unspecified atom stereocenters. The number of aromatic nitrogens is 3. The summed E-state index contributed by atoms with van der Waals surface area (Å²) in [6, 6.07) is 5.90. The zero-order chi connectivity index (χ0) is 22.3. The maximum Gasteiger partial charge on any atom is 0.316 e. The van der Waals surface area contributed by atoms with E-state index in [1.807, 2.05) is 25.1 Å². The molecule has 1 aromatic heterocycles. The average Bonchev–Trinajstić information content (AvgIpc) is 3.44. The molecule has 2 fully saturated rings. The number of rotatable bonds is 9. The lowest BCUT2D eigenvalue weighted by Crippen LogP contribution is -2.22. The standard InChI is InChI=1S/C23H31ClN4O3S/c1-16-9-10-17(12-20(16)24)25-13-21-26-27-23(28(21)14-19-8-5-11-30-19)32-15-22(29)31-18-6-3-2-4-7-18/h9-10,12,18-19,25H,2-8,11,13-15H2,1H3. The number of nitrogens with zero attached hydrogens (tertiary/aromatic N) is 3. The van der Waals surface area contributed by atoms with Crippen molar-refractivity contribution in [2.45, 2.75) is 82.3 Å². The Bertz CT molecular complexity index is 911. The Balaban J connectivity index is 1.39. The van der Waals surface area contributed by atoms with Gasteiger partial charge in [-0.05, 0) is 63.1 Å². The van der Waals surface area contributed by atoms with Crippen molar-refractivity contribution in [1.29, 1.82) is 0 Å². The lowest BCUT2D eigenvalue weighted by atomic mass is 9.98. The van der Waals surface area contributed by atoms with Crippen LogP contribution in [0.3, 0.4) is 0 Å². The van der Waals surface area contributed by atoms with Crippen molar-refractivity contribution in [3.8, 4) is 0 Å². The molecule has 7 nitrogen and oxygen atoms in total. The summed E-state index contributed by atoms with van der Waals surface area (Å²) in [5.41, 5.74) is 1.97. The van der Waals surface area contributed by atoms with Crippen LogP contribution in [-0.4, -0.2) is 45.3 Å². The van der Waals surface area contributed by atoms with Gasteiger partial charge in [-0.25, -0.2) is 0 Å². The molecule has 1 saturated heterocycles. The molecular formula is C23H31ClN4O3S. The van der Waals surface area contributed by atoms with Crippen molar-refractivity contribution >= 4 is 35.0 Å². The highest BCUT2D eigenvalue weighted by Crippen LogP contribution is 2.25. The molecule has 2 aliphatic rings. The van der Waals surface area contributed by atoms with Crippen molar-refractivity contribution in [2.75, 3.05) is 17.7 Å². The Morgan fingerprint density at radius 3 is 2.84 bits per heavy atom. The smallest absolute Gasteiger partial charge is 0.316 e. The zero-order valence-corrected chi connectivity index (χ0v) is 20.1. The summed E-state index contributed by atoms with van der Waals surface area (Å²) >= 11 is 7.63. The minimum absolute atomic E-state index is 0.0719. The monoisotopic (exact) mass is 478 g/mol. The van der Waals surface area contributed by atoms with E-state index >= 15 is 0 Å². The van der Waals surface area contributed by atoms with Crippen LogP contribution >= 0.6 is 23.4 Å². The number of thioether (sulfide) groups is 1. The molecule has 0 spiro atoms. The minimum atomic E-state index is -0.178. The van der Waals surface area contributed by atoms with Gasteiger partial charge < -0.3 is 19.4 Å². The number of hydrogen-bond acceptors (Lipinski definition) is 7. The third kappa shape index (κ3) is 6.39. The molecule has 1 aromatic carbocycles. The van der Waals surface area contributed by atoms with Gasteiger partial charge in [0.2, 0.25) is 0 Å². The number of anilines is 1. The first-order valence-corrected chi connectivity index (χ1v) is 12.8. The fraction of sp³-hybridized carbons (Fsp3) is 0.609. The highest BCUT2D eigenvalue weighted by Gasteiger charge is 2.23. The van der Waals surface area contributed by atoms with E-state index in [0.29, 0.717) is 13.1 Å². The number of benzene rings is 1. The molecule has 4 rings (SSSR count). The number of hydrogen-bond donors (Lipinski definition) is 1. The molecule has 2 heterocycles. The van der Waals surface area contributed by atoms with E-state index in [-0.39, 0.29) is 23.9 Å². The summed E-state index contributed by atoms with van der Waals surface area (Å²) < 4.78 is 13.6. The maximum absolute atomic E-state index is 12.4. The minimum Gasteiger partial charge on any atom is -0.462 e. The summed E-state index contributed by atoms with van der Waals surface area (Å²) in [4.78, 5) is 12.4. The topological polar surface area (TPSA) is 78.3 Å². The molecule has 1 N–H and O–H groups in total. The van der Waals surface area contributed by atoms with Crippen molar-refractivity contribution in [3.05, 3.63) is 34.6 Å². The van der Waals surface area contributed by atoms with E-state index in [4.69, 9.17) is 21.1 Å². The van der Waals surface area contributed by atoms with Gasteiger partial charge in [-0.15, -0.1) is 10.2 Å². The number of halogens is 1. The fourth-order valence-corrected chi connectivity index (χ4v) is 5.07. The first kappa shape index (κ1) is 23.4. The van der Waals surface area contributed by atoms with Crippen LogP contribution in [0.4, 0.5) is 5.69 Å². The number of esters is 1. The van der Waals surface area contributed by atoms with E-state index in [1.165, 1.54) is 18.2 Å². The third-order valence-corrected chi connectivity index (χ3v) is 7.34. The van der Waals surface area contributed by atoms with Gasteiger partial charge in [-0.3, -0.25) is 4.79 Å². The Labute approximate surface area is 198 Å². The molecule has 2 aromatic rings. The number of nitrogens with one attached hydrogen (secondary N) is 1. The van der Waals surface area contributed by atoms with Crippen LogP contribution in [0, 0.1) is 6.92 Å². The molecule has 0 amide bonds. The second kappa shape index (κ2) is 11.4. The molecule has 0 radical (unpaired) electrons. The predicted molar refractivity (Wildman–Crippen MR) is 126 cm³/mol. The second-order valence-electron chi connectivity index (χ2n) is 8.50. The number of carbonyl (C=O) groups is 1. The lowest BCUT2D eigenvalue weighted by molar-refractivity contribution is -0.147. The summed E-state index contributed by atoms with van der Waals surface area (Å²) in [7, 11) is 0. The Kier molecular flexibility index (Phi) is 8.32. The highest BCUT2D eigenvalue weighted by molar-refractivity contribution is 7.99. The Morgan fingerprint density at radius 1 is 1.25 bits per heavy atom. The van der Waals surface area contributed by atoms with Crippen LogP contribution in [-0.2, 0) is 27.4 Å². The molecule has 1 saturated carbocycles. The number of ether oxygens (including phenoxy) is 2. The van der Waals surface area contributed by atoms with E-state index in [1.54, 1.807) is 0 Å². The molecule has 1 aliphatic carbocycles. The van der Waals surface area contributed by atoms with Gasteiger partial charge in [0.1, 0.15) is 6.10 Å². The average molecular weight is 479 g/mol. The van der Waals surface area contributed by atoms with E-state index in [2.05, 4.69) is 20.1 Å². The Hall–Kier alpha value is -1.77. The normalized spacial score (nSPS) is 19.2. The summed E-state index contributed by atoms with van der Waals surface area (Å²) in [6.07, 6.45) is 7.78. The molecular weight excluding hydrogens is 448 g/mol. The van der Waals surface area contributed by atoms with Crippen LogP contribution in [0.2, 0.25) is 5.02 Å². The van der Waals surface area contributed by atoms with Crippen molar-refractivity contribution in [2.24, 2.45) is 0 Å². The molecule has 9 heteroatoms. The van der Waals surface area contributed by atoms with Crippen LogP contribution in [0.5, 0.6) is 0 Å². The first-order valence-electron chi connectivity index (χ1n) is 11.4. The van der Waals surface area contributed by atoms with Crippen LogP contribution in [0.15, 0.2) is 23.4 Å². The van der Waals surface area contributed by atoms with Gasteiger partial charge in [0.05, 0.1) is 24.9 Å². The van der Waals surface area contributed by atoms with Gasteiger partial charge in [-0.1, -0.05) is 35.9 Å². The van der Waals surface area contributed by atoms with E-state index in [9.17, 15) is 4.79 Å². The summed E-state index contributed by atoms with van der Waals surface area (Å²) in [6.45, 7) is 3.95. The highest BCUT2D eigenvalue weighted by atomic mass is 35.5. The molecule has 32 heavy (non-hydrogen) atoms. The predicted octanol–water partition coefficient (Wildman–Crippen LogP) is 5.00. The fourth-order valence-electron chi connectivity index (χ4n) is 4.14. The largest absolute Gasteiger partial charge is 0.462 e. The van der Waals surface area contributed by atoms with Crippen LogP contribution in [0.25, 0.3) is 0 Å². The number of aryl methyl sites for hydroxylation is 1. The van der Waals surface area contributed by atoms with Crippen LogP contribution in [0.1, 0.15) is 56.3 Å². The molecule has 1 atom stereocenters. The third-order valence-electron chi connectivity index (χ3n) is 6.00. The van der Waals surface area contributed by atoms with Crippen LogP contribution < -0.4 is 5.32 Å². The van der Waals surface area contributed by atoms with E-state index < -0.39 is 0 Å². The summed E-state index contributed by atoms with van der Waals surface area (Å²) in [5.74, 6) is 0.865. The SMILES string of the molecule is Cc1ccc(NCc2nnc(SCC(=O)OC3CCCCC3)n2CC2CCCO2)cc1Cl. The van der Waals surface area contributed by atoms with Gasteiger partial charge >= 0.3 is 5.97 Å². The molecule has 0 bridgehead atoms. The quantitative estimate of drug-likeness (QED) is 0.401. The van der Waals surface area contributed by atoms with Gasteiger partial charge in [0.15, 0.2) is 11.0 Å². The van der Waals surface area contributed by atoms with Gasteiger partial charge in [-0.2, -0.15) is 0 Å². The molecule has 174 valence electrons.